The maximum atomic E-state index is 11.0. The van der Waals surface area contributed by atoms with E-state index < -0.39 is 0 Å². The van der Waals surface area contributed by atoms with Gasteiger partial charge in [0.25, 0.3) is 5.56 Å². The number of aromatic nitrogens is 2. The van der Waals surface area contributed by atoms with Crippen LogP contribution in [0.15, 0.2) is 10.9 Å². The van der Waals surface area contributed by atoms with Crippen LogP contribution < -0.4 is 5.56 Å². The standard InChI is InChI=1S/C8H12N2O3/c1-3-13-8(12)5-6-4-7(11)10(2)9-6/h4,9H,3,5H2,1-2H3. The number of carbonyl (C=O) groups excluding carboxylic acids is 1. The average Bonchev–Trinajstić information content (AvgIpc) is 2.31. The zero-order valence-electron chi connectivity index (χ0n) is 7.66. The summed E-state index contributed by atoms with van der Waals surface area (Å²) in [6.07, 6.45) is 0.115. The van der Waals surface area contributed by atoms with Crippen molar-refractivity contribution in [1.29, 1.82) is 0 Å². The summed E-state index contributed by atoms with van der Waals surface area (Å²) in [6.45, 7) is 2.10. The lowest BCUT2D eigenvalue weighted by atomic mass is 10.3. The third-order valence-electron chi connectivity index (χ3n) is 1.58. The molecular formula is C8H12N2O3. The largest absolute Gasteiger partial charge is 0.466 e. The molecule has 0 spiro atoms. The molecule has 0 radical (unpaired) electrons. The Morgan fingerprint density at radius 3 is 2.85 bits per heavy atom. The van der Waals surface area contributed by atoms with Gasteiger partial charge in [0.05, 0.1) is 13.0 Å². The lowest BCUT2D eigenvalue weighted by Gasteiger charge is -1.98. The van der Waals surface area contributed by atoms with E-state index in [-0.39, 0.29) is 17.9 Å². The molecule has 1 rings (SSSR count). The van der Waals surface area contributed by atoms with Gasteiger partial charge in [-0.2, -0.15) is 0 Å². The number of carbonyl (C=O) groups is 1. The molecule has 0 saturated heterocycles. The van der Waals surface area contributed by atoms with Gasteiger partial charge < -0.3 is 4.74 Å². The molecule has 0 atom stereocenters. The number of hydrogen-bond acceptors (Lipinski definition) is 3. The van der Waals surface area contributed by atoms with E-state index in [2.05, 4.69) is 5.10 Å². The van der Waals surface area contributed by atoms with Gasteiger partial charge in [0.15, 0.2) is 0 Å². The van der Waals surface area contributed by atoms with Crippen LogP contribution in [0.1, 0.15) is 12.6 Å². The Morgan fingerprint density at radius 1 is 1.69 bits per heavy atom. The molecule has 1 heterocycles. The molecule has 0 aromatic carbocycles. The van der Waals surface area contributed by atoms with Crippen molar-refractivity contribution in [2.24, 2.45) is 7.05 Å². The third kappa shape index (κ3) is 2.47. The minimum atomic E-state index is -0.329. The lowest BCUT2D eigenvalue weighted by Crippen LogP contribution is -2.10. The van der Waals surface area contributed by atoms with Crippen LogP contribution in [-0.2, 0) is 23.0 Å². The van der Waals surface area contributed by atoms with E-state index in [0.29, 0.717) is 12.3 Å². The highest BCUT2D eigenvalue weighted by atomic mass is 16.5. The molecule has 0 bridgehead atoms. The number of rotatable bonds is 3. The second kappa shape index (κ2) is 3.93. The zero-order chi connectivity index (χ0) is 9.84. The monoisotopic (exact) mass is 184 g/mol. The predicted molar refractivity (Wildman–Crippen MR) is 46.4 cm³/mol. The molecule has 13 heavy (non-hydrogen) atoms. The first-order valence-corrected chi connectivity index (χ1v) is 4.04. The highest BCUT2D eigenvalue weighted by molar-refractivity contribution is 5.71. The van der Waals surface area contributed by atoms with Crippen LogP contribution >= 0.6 is 0 Å². The van der Waals surface area contributed by atoms with Gasteiger partial charge in [0.1, 0.15) is 0 Å². The fourth-order valence-corrected chi connectivity index (χ4v) is 1.01. The van der Waals surface area contributed by atoms with Gasteiger partial charge in [0, 0.05) is 18.8 Å². The number of aryl methyl sites for hydroxylation is 1. The molecule has 72 valence electrons. The number of nitrogens with zero attached hydrogens (tertiary/aromatic N) is 1. The second-order valence-corrected chi connectivity index (χ2v) is 2.66. The highest BCUT2D eigenvalue weighted by Gasteiger charge is 2.06. The van der Waals surface area contributed by atoms with E-state index in [4.69, 9.17) is 4.74 Å². The molecule has 0 aliphatic carbocycles. The van der Waals surface area contributed by atoms with Crippen LogP contribution in [0.4, 0.5) is 0 Å². The van der Waals surface area contributed by atoms with Gasteiger partial charge in [-0.3, -0.25) is 19.4 Å². The topological polar surface area (TPSA) is 64.1 Å². The number of esters is 1. The number of hydrogen-bond donors (Lipinski definition) is 1. The maximum absolute atomic E-state index is 11.0. The number of ether oxygens (including phenoxy) is 1. The van der Waals surface area contributed by atoms with Crippen molar-refractivity contribution in [1.82, 2.24) is 9.78 Å². The quantitative estimate of drug-likeness (QED) is 0.663. The molecule has 1 aromatic rings. The number of aromatic amines is 1. The molecule has 1 aromatic heterocycles. The molecule has 0 aliphatic heterocycles. The Balaban J connectivity index is 2.64. The minimum Gasteiger partial charge on any atom is -0.466 e. The fraction of sp³-hybridized carbons (Fsp3) is 0.500. The summed E-state index contributed by atoms with van der Waals surface area (Å²) < 4.78 is 6.04. The second-order valence-electron chi connectivity index (χ2n) is 2.66. The van der Waals surface area contributed by atoms with Crippen LogP contribution in [0.2, 0.25) is 0 Å². The van der Waals surface area contributed by atoms with Crippen molar-refractivity contribution >= 4 is 5.97 Å². The van der Waals surface area contributed by atoms with Crippen molar-refractivity contribution in [3.63, 3.8) is 0 Å². The first kappa shape index (κ1) is 9.57. The summed E-state index contributed by atoms with van der Waals surface area (Å²) in [5.74, 6) is -0.329. The zero-order valence-corrected chi connectivity index (χ0v) is 7.66. The Hall–Kier alpha value is -1.52. The van der Waals surface area contributed by atoms with Crippen molar-refractivity contribution in [2.75, 3.05) is 6.61 Å². The van der Waals surface area contributed by atoms with Crippen molar-refractivity contribution in [2.45, 2.75) is 13.3 Å². The summed E-state index contributed by atoms with van der Waals surface area (Å²) in [4.78, 5) is 21.9. The van der Waals surface area contributed by atoms with Crippen molar-refractivity contribution in [3.8, 4) is 0 Å². The molecule has 0 saturated carbocycles. The molecule has 0 aliphatic rings. The highest BCUT2D eigenvalue weighted by Crippen LogP contribution is 1.93. The van der Waals surface area contributed by atoms with Gasteiger partial charge in [-0.25, -0.2) is 0 Å². The van der Waals surface area contributed by atoms with Crippen molar-refractivity contribution in [3.05, 3.63) is 22.1 Å². The van der Waals surface area contributed by atoms with Gasteiger partial charge in [0.2, 0.25) is 0 Å². The van der Waals surface area contributed by atoms with Crippen LogP contribution in [0.25, 0.3) is 0 Å². The number of nitrogens with one attached hydrogen (secondary N) is 1. The van der Waals surface area contributed by atoms with E-state index in [9.17, 15) is 9.59 Å². The van der Waals surface area contributed by atoms with E-state index in [1.165, 1.54) is 10.7 Å². The van der Waals surface area contributed by atoms with Gasteiger partial charge in [-0.1, -0.05) is 0 Å². The summed E-state index contributed by atoms with van der Waals surface area (Å²) in [5.41, 5.74) is 0.422. The predicted octanol–water partition coefficient (Wildman–Crippen LogP) is -0.181. The van der Waals surface area contributed by atoms with Gasteiger partial charge in [-0.05, 0) is 6.92 Å². The van der Waals surface area contributed by atoms with Crippen LogP contribution in [0, 0.1) is 0 Å². The summed E-state index contributed by atoms with van der Waals surface area (Å²) in [7, 11) is 1.59. The third-order valence-corrected chi connectivity index (χ3v) is 1.58. The Kier molecular flexibility index (Phi) is 2.89. The Morgan fingerprint density at radius 2 is 2.38 bits per heavy atom. The van der Waals surface area contributed by atoms with E-state index in [0.717, 1.165) is 0 Å². The van der Waals surface area contributed by atoms with Gasteiger partial charge in [-0.15, -0.1) is 0 Å². The van der Waals surface area contributed by atoms with Crippen LogP contribution in [0.5, 0.6) is 0 Å². The molecule has 0 amide bonds. The summed E-state index contributed by atoms with van der Waals surface area (Å²) in [5, 5.41) is 2.74. The van der Waals surface area contributed by atoms with Crippen LogP contribution in [-0.4, -0.2) is 22.4 Å². The number of H-pyrrole nitrogens is 1. The van der Waals surface area contributed by atoms with E-state index >= 15 is 0 Å². The van der Waals surface area contributed by atoms with Crippen molar-refractivity contribution < 1.29 is 9.53 Å². The van der Waals surface area contributed by atoms with E-state index in [1.54, 1.807) is 14.0 Å². The van der Waals surface area contributed by atoms with Crippen LogP contribution in [0.3, 0.4) is 0 Å². The molecule has 0 fully saturated rings. The summed E-state index contributed by atoms with van der Waals surface area (Å²) in [6, 6.07) is 1.39. The molecule has 1 N–H and O–H groups in total. The molecule has 5 nitrogen and oxygen atoms in total. The first-order chi connectivity index (χ1) is 6.13. The maximum Gasteiger partial charge on any atom is 0.311 e. The first-order valence-electron chi connectivity index (χ1n) is 4.04. The van der Waals surface area contributed by atoms with E-state index in [1.807, 2.05) is 0 Å². The normalized spacial score (nSPS) is 10.0. The molecule has 0 unspecified atom stereocenters. The minimum absolute atomic E-state index is 0.115. The molecular weight excluding hydrogens is 172 g/mol. The smallest absolute Gasteiger partial charge is 0.311 e. The van der Waals surface area contributed by atoms with Gasteiger partial charge >= 0.3 is 5.97 Å². The molecule has 5 heteroatoms. The summed E-state index contributed by atoms with van der Waals surface area (Å²) >= 11 is 0. The average molecular weight is 184 g/mol. The SMILES string of the molecule is CCOC(=O)Cc1cc(=O)n(C)[nH]1. The lowest BCUT2D eigenvalue weighted by molar-refractivity contribution is -0.142. The Bertz CT molecular complexity index is 351. The fourth-order valence-electron chi connectivity index (χ4n) is 1.01. The Labute approximate surface area is 75.3 Å².